The first-order chi connectivity index (χ1) is 11.5. The van der Waals surface area contributed by atoms with E-state index in [0.29, 0.717) is 5.56 Å². The van der Waals surface area contributed by atoms with Gasteiger partial charge in [0, 0.05) is 11.1 Å². The topological polar surface area (TPSA) is 42.0 Å². The fourth-order valence-corrected chi connectivity index (χ4v) is 3.10. The first kappa shape index (κ1) is 16.2. The van der Waals surface area contributed by atoms with E-state index in [2.05, 4.69) is 16.4 Å². The van der Waals surface area contributed by atoms with Crippen molar-refractivity contribution in [2.75, 3.05) is 0 Å². The van der Waals surface area contributed by atoms with Crippen LogP contribution in [0.2, 0.25) is 0 Å². The van der Waals surface area contributed by atoms with Crippen LogP contribution < -0.4 is 5.32 Å². The second-order valence-electron chi connectivity index (χ2n) is 6.40. The average Bonchev–Trinajstić information content (AvgIpc) is 2.55. The third-order valence-electron chi connectivity index (χ3n) is 4.27. The summed E-state index contributed by atoms with van der Waals surface area (Å²) < 4.78 is 0. The Bertz CT molecular complexity index is 901. The number of pyridine rings is 1. The van der Waals surface area contributed by atoms with Gasteiger partial charge in [-0.15, -0.1) is 0 Å². The highest BCUT2D eigenvalue weighted by atomic mass is 16.1. The number of nitrogens with one attached hydrogen (secondary N) is 1. The second kappa shape index (κ2) is 6.44. The number of aromatic nitrogens is 1. The quantitative estimate of drug-likeness (QED) is 0.763. The van der Waals surface area contributed by atoms with Crippen molar-refractivity contribution in [3.8, 4) is 0 Å². The van der Waals surface area contributed by atoms with Crippen LogP contribution in [0.25, 0.3) is 10.9 Å². The molecule has 0 unspecified atom stereocenters. The molecule has 0 saturated heterocycles. The van der Waals surface area contributed by atoms with Crippen molar-refractivity contribution in [2.24, 2.45) is 0 Å². The first-order valence-electron chi connectivity index (χ1n) is 8.20. The molecule has 0 aliphatic rings. The lowest BCUT2D eigenvalue weighted by molar-refractivity contribution is 0.0941. The molecule has 24 heavy (non-hydrogen) atoms. The summed E-state index contributed by atoms with van der Waals surface area (Å²) in [6, 6.07) is 15.9. The zero-order valence-corrected chi connectivity index (χ0v) is 14.6. The Kier molecular flexibility index (Phi) is 4.34. The molecule has 3 heteroatoms. The molecule has 0 saturated carbocycles. The van der Waals surface area contributed by atoms with Gasteiger partial charge in [0.2, 0.25) is 0 Å². The fraction of sp³-hybridized carbons (Fsp3) is 0.238. The van der Waals surface area contributed by atoms with E-state index in [0.717, 1.165) is 33.3 Å². The molecule has 0 spiro atoms. The molecule has 0 fully saturated rings. The molecule has 1 atom stereocenters. The normalized spacial score (nSPS) is 12.2. The van der Waals surface area contributed by atoms with Crippen molar-refractivity contribution in [2.45, 2.75) is 33.7 Å². The number of carbonyl (C=O) groups excluding carboxylic acids is 1. The van der Waals surface area contributed by atoms with Gasteiger partial charge >= 0.3 is 0 Å². The largest absolute Gasteiger partial charge is 0.345 e. The van der Waals surface area contributed by atoms with Gasteiger partial charge in [0.15, 0.2) is 0 Å². The Morgan fingerprint density at radius 3 is 2.46 bits per heavy atom. The van der Waals surface area contributed by atoms with Gasteiger partial charge in [0.05, 0.1) is 17.1 Å². The lowest BCUT2D eigenvalue weighted by Gasteiger charge is -2.16. The first-order valence-corrected chi connectivity index (χ1v) is 8.20. The van der Waals surface area contributed by atoms with Crippen molar-refractivity contribution in [1.82, 2.24) is 10.3 Å². The Balaban J connectivity index is 2.01. The van der Waals surface area contributed by atoms with Gasteiger partial charge in [-0.2, -0.15) is 0 Å². The molecule has 1 N–H and O–H groups in total. The molecule has 0 aliphatic carbocycles. The van der Waals surface area contributed by atoms with Gasteiger partial charge in [-0.25, -0.2) is 0 Å². The monoisotopic (exact) mass is 318 g/mol. The van der Waals surface area contributed by atoms with Crippen molar-refractivity contribution in [3.05, 3.63) is 76.5 Å². The number of fused-ring (bicyclic) bond motifs is 1. The van der Waals surface area contributed by atoms with E-state index in [4.69, 9.17) is 0 Å². The van der Waals surface area contributed by atoms with Crippen molar-refractivity contribution in [1.29, 1.82) is 0 Å². The summed E-state index contributed by atoms with van der Waals surface area (Å²) >= 11 is 0. The van der Waals surface area contributed by atoms with Gasteiger partial charge in [-0.05, 0) is 51.0 Å². The molecular weight excluding hydrogens is 296 g/mol. The predicted octanol–water partition coefficient (Wildman–Crippen LogP) is 4.65. The smallest absolute Gasteiger partial charge is 0.252 e. The van der Waals surface area contributed by atoms with Gasteiger partial charge in [0.1, 0.15) is 0 Å². The third kappa shape index (κ3) is 3.16. The summed E-state index contributed by atoms with van der Waals surface area (Å²) in [7, 11) is 0. The van der Waals surface area contributed by atoms with Gasteiger partial charge in [-0.1, -0.05) is 42.0 Å². The Morgan fingerprint density at radius 1 is 1.04 bits per heavy atom. The van der Waals surface area contributed by atoms with E-state index in [1.165, 1.54) is 0 Å². The SMILES string of the molecule is Cc1cc(C)c2nc(C)cc(C(=O)N[C@H](C)c3ccccc3)c2c1. The van der Waals surface area contributed by atoms with Gasteiger partial charge < -0.3 is 5.32 Å². The summed E-state index contributed by atoms with van der Waals surface area (Å²) in [5.74, 6) is -0.0631. The van der Waals surface area contributed by atoms with Crippen LogP contribution in [0.4, 0.5) is 0 Å². The van der Waals surface area contributed by atoms with Crippen LogP contribution >= 0.6 is 0 Å². The highest BCUT2D eigenvalue weighted by Crippen LogP contribution is 2.24. The van der Waals surface area contributed by atoms with Crippen LogP contribution in [0, 0.1) is 20.8 Å². The predicted molar refractivity (Wildman–Crippen MR) is 98.3 cm³/mol. The lowest BCUT2D eigenvalue weighted by atomic mass is 10.0. The molecule has 3 rings (SSSR count). The lowest BCUT2D eigenvalue weighted by Crippen LogP contribution is -2.27. The molecular formula is C21H22N2O. The number of hydrogen-bond donors (Lipinski definition) is 1. The maximum Gasteiger partial charge on any atom is 0.252 e. The Morgan fingerprint density at radius 2 is 1.75 bits per heavy atom. The highest BCUT2D eigenvalue weighted by molar-refractivity contribution is 6.07. The molecule has 0 bridgehead atoms. The minimum absolute atomic E-state index is 0.0480. The van der Waals surface area contributed by atoms with Crippen LogP contribution in [-0.2, 0) is 0 Å². The van der Waals surface area contributed by atoms with Crippen LogP contribution in [0.3, 0.4) is 0 Å². The summed E-state index contributed by atoms with van der Waals surface area (Å²) in [4.78, 5) is 17.5. The maximum atomic E-state index is 12.9. The van der Waals surface area contributed by atoms with Crippen molar-refractivity contribution >= 4 is 16.8 Å². The van der Waals surface area contributed by atoms with Gasteiger partial charge in [0.25, 0.3) is 5.91 Å². The number of amides is 1. The number of carbonyl (C=O) groups is 1. The average molecular weight is 318 g/mol. The fourth-order valence-electron chi connectivity index (χ4n) is 3.10. The van der Waals surface area contributed by atoms with Crippen LogP contribution in [0.1, 0.15) is 45.7 Å². The summed E-state index contributed by atoms with van der Waals surface area (Å²) in [6.07, 6.45) is 0. The van der Waals surface area contributed by atoms with Crippen LogP contribution in [0.5, 0.6) is 0 Å². The van der Waals surface area contributed by atoms with Crippen molar-refractivity contribution < 1.29 is 4.79 Å². The van der Waals surface area contributed by atoms with E-state index in [9.17, 15) is 4.79 Å². The van der Waals surface area contributed by atoms with E-state index in [-0.39, 0.29) is 11.9 Å². The standard InChI is InChI=1S/C21H22N2O/c1-13-10-14(2)20-18(11-13)19(12-15(3)22-20)21(24)23-16(4)17-8-6-5-7-9-17/h5-12,16H,1-4H3,(H,23,24)/t16-/m1/s1. The summed E-state index contributed by atoms with van der Waals surface area (Å²) in [5, 5.41) is 4.02. The third-order valence-corrected chi connectivity index (χ3v) is 4.27. The van der Waals surface area contributed by atoms with Crippen molar-refractivity contribution in [3.63, 3.8) is 0 Å². The number of rotatable bonds is 3. The number of benzene rings is 2. The van der Waals surface area contributed by atoms with Crippen LogP contribution in [-0.4, -0.2) is 10.9 Å². The number of aryl methyl sites for hydroxylation is 3. The highest BCUT2D eigenvalue weighted by Gasteiger charge is 2.16. The molecule has 0 radical (unpaired) electrons. The molecule has 2 aromatic carbocycles. The minimum atomic E-state index is -0.0631. The van der Waals surface area contributed by atoms with E-state index in [1.54, 1.807) is 0 Å². The van der Waals surface area contributed by atoms with E-state index < -0.39 is 0 Å². The number of hydrogen-bond acceptors (Lipinski definition) is 2. The van der Waals surface area contributed by atoms with Crippen LogP contribution in [0.15, 0.2) is 48.5 Å². The zero-order valence-electron chi connectivity index (χ0n) is 14.6. The summed E-state index contributed by atoms with van der Waals surface area (Å²) in [6.45, 7) is 8.01. The van der Waals surface area contributed by atoms with Gasteiger partial charge in [-0.3, -0.25) is 9.78 Å². The minimum Gasteiger partial charge on any atom is -0.345 e. The molecule has 3 aromatic rings. The van der Waals surface area contributed by atoms with E-state index in [1.807, 2.05) is 70.2 Å². The Labute approximate surface area is 142 Å². The molecule has 122 valence electrons. The molecule has 0 aliphatic heterocycles. The van der Waals surface area contributed by atoms with E-state index >= 15 is 0 Å². The molecule has 1 amide bonds. The second-order valence-corrected chi connectivity index (χ2v) is 6.40. The number of nitrogens with zero attached hydrogens (tertiary/aromatic N) is 1. The molecule has 3 nitrogen and oxygen atoms in total. The Hall–Kier alpha value is -2.68. The molecule has 1 aromatic heterocycles. The zero-order chi connectivity index (χ0) is 17.3. The molecule has 1 heterocycles. The maximum absolute atomic E-state index is 12.9. The summed E-state index contributed by atoms with van der Waals surface area (Å²) in [5.41, 5.74) is 5.76.